The van der Waals surface area contributed by atoms with Gasteiger partial charge in [-0.2, -0.15) is 0 Å². The zero-order valence-corrected chi connectivity index (χ0v) is 31.9. The molecule has 2 rings (SSSR count). The van der Waals surface area contributed by atoms with Gasteiger partial charge in [0.05, 0.1) is 25.4 Å². The van der Waals surface area contributed by atoms with Crippen LogP contribution in [0.3, 0.4) is 0 Å². The predicted molar refractivity (Wildman–Crippen MR) is 196 cm³/mol. The molecule has 0 amide bonds. The van der Waals surface area contributed by atoms with Crippen molar-refractivity contribution in [1.29, 1.82) is 0 Å². The minimum Gasteiger partial charge on any atom is -0.474 e. The molecule has 0 spiro atoms. The van der Waals surface area contributed by atoms with Crippen LogP contribution < -0.4 is 10.6 Å². The van der Waals surface area contributed by atoms with E-state index in [-0.39, 0.29) is 12.2 Å². The van der Waals surface area contributed by atoms with Crippen LogP contribution in [-0.4, -0.2) is 75.3 Å². The maximum absolute atomic E-state index is 6.56. The van der Waals surface area contributed by atoms with E-state index in [1.54, 1.807) is 0 Å². The Morgan fingerprint density at radius 3 is 1.57 bits per heavy atom. The maximum atomic E-state index is 6.56. The molecule has 2 atom stereocenters. The van der Waals surface area contributed by atoms with E-state index in [9.17, 15) is 0 Å². The quantitative estimate of drug-likeness (QED) is 0.101. The largest absolute Gasteiger partial charge is 0.474 e. The Labute approximate surface area is 286 Å². The Morgan fingerprint density at radius 1 is 0.696 bits per heavy atom. The van der Waals surface area contributed by atoms with Gasteiger partial charge >= 0.3 is 0 Å². The summed E-state index contributed by atoms with van der Waals surface area (Å²) in [5.74, 6) is 2.83. The van der Waals surface area contributed by atoms with Gasteiger partial charge in [0.25, 0.3) is 0 Å². The van der Waals surface area contributed by atoms with E-state index in [0.29, 0.717) is 42.6 Å². The molecule has 7 heteroatoms. The van der Waals surface area contributed by atoms with Crippen molar-refractivity contribution in [2.75, 3.05) is 45.9 Å². The van der Waals surface area contributed by atoms with Crippen molar-refractivity contribution in [3.8, 4) is 0 Å². The van der Waals surface area contributed by atoms with E-state index in [0.717, 1.165) is 83.1 Å². The minimum atomic E-state index is 0.00233. The third kappa shape index (κ3) is 16.1. The van der Waals surface area contributed by atoms with Crippen LogP contribution in [0, 0.1) is 17.3 Å². The molecule has 46 heavy (non-hydrogen) atoms. The van der Waals surface area contributed by atoms with E-state index in [4.69, 9.17) is 18.9 Å². The monoisotopic (exact) mass is 652 g/mol. The van der Waals surface area contributed by atoms with Crippen molar-refractivity contribution in [1.82, 2.24) is 15.5 Å². The van der Waals surface area contributed by atoms with Crippen LogP contribution in [0.2, 0.25) is 0 Å². The van der Waals surface area contributed by atoms with Crippen LogP contribution in [-0.2, 0) is 18.9 Å². The molecule has 272 valence electrons. The lowest BCUT2D eigenvalue weighted by atomic mass is 9.60. The van der Waals surface area contributed by atoms with E-state index < -0.39 is 0 Å². The highest BCUT2D eigenvalue weighted by molar-refractivity contribution is 4.91. The molecular formula is C39H77N3O4. The molecule has 2 saturated carbocycles. The fourth-order valence-electron chi connectivity index (χ4n) is 7.29. The lowest BCUT2D eigenvalue weighted by Crippen LogP contribution is -2.41. The van der Waals surface area contributed by atoms with Crippen molar-refractivity contribution >= 4 is 0 Å². The van der Waals surface area contributed by atoms with E-state index in [2.05, 4.69) is 77.2 Å². The summed E-state index contributed by atoms with van der Waals surface area (Å²) in [5.41, 5.74) is 0.351. The van der Waals surface area contributed by atoms with E-state index in [1.165, 1.54) is 38.5 Å². The topological polar surface area (TPSA) is 64.2 Å². The van der Waals surface area contributed by atoms with Gasteiger partial charge in [0, 0.05) is 19.6 Å². The maximum Gasteiger partial charge on any atom is 0.179 e. The van der Waals surface area contributed by atoms with Crippen LogP contribution in [0.1, 0.15) is 139 Å². The van der Waals surface area contributed by atoms with Crippen molar-refractivity contribution in [2.24, 2.45) is 17.3 Å². The summed E-state index contributed by atoms with van der Waals surface area (Å²) in [6.45, 7) is 34.0. The zero-order valence-electron chi connectivity index (χ0n) is 31.9. The number of ether oxygens (including phenoxy) is 4. The van der Waals surface area contributed by atoms with Crippen LogP contribution in [0.5, 0.6) is 0 Å². The van der Waals surface area contributed by atoms with Crippen LogP contribution in [0.4, 0.5) is 0 Å². The van der Waals surface area contributed by atoms with Gasteiger partial charge in [-0.05, 0) is 128 Å². The SMILES string of the molecule is C=C(NCC)OC(CC)COC1CCC(C(C)(C)C2CCC(OCC(CN(CCC)CCCC)OC(=C)NCC)CC2)CC1.CC. The Hall–Kier alpha value is -1.44. The molecule has 2 fully saturated rings. The van der Waals surface area contributed by atoms with Crippen molar-refractivity contribution in [3.05, 3.63) is 24.9 Å². The fourth-order valence-corrected chi connectivity index (χ4v) is 7.29. The lowest BCUT2D eigenvalue weighted by molar-refractivity contribution is -0.0702. The summed E-state index contributed by atoms with van der Waals surface area (Å²) in [6.07, 6.45) is 14.9. The Balaban J connectivity index is 0.00000518. The molecule has 0 radical (unpaired) electrons. The average molecular weight is 652 g/mol. The first-order valence-corrected chi connectivity index (χ1v) is 19.3. The number of hydrogen-bond acceptors (Lipinski definition) is 7. The summed E-state index contributed by atoms with van der Waals surface area (Å²) >= 11 is 0. The second kappa shape index (κ2) is 24.7. The Kier molecular flexibility index (Phi) is 22.8. The number of hydrogen-bond donors (Lipinski definition) is 2. The molecule has 2 aliphatic rings. The van der Waals surface area contributed by atoms with Crippen LogP contribution in [0.15, 0.2) is 24.9 Å². The van der Waals surface area contributed by atoms with Gasteiger partial charge in [0.1, 0.15) is 12.2 Å². The van der Waals surface area contributed by atoms with Gasteiger partial charge in [-0.25, -0.2) is 0 Å². The molecule has 7 nitrogen and oxygen atoms in total. The minimum absolute atomic E-state index is 0.00233. The number of unbranched alkanes of at least 4 members (excludes halogenated alkanes) is 1. The molecule has 2 N–H and O–H groups in total. The highest BCUT2D eigenvalue weighted by Gasteiger charge is 2.41. The highest BCUT2D eigenvalue weighted by Crippen LogP contribution is 2.49. The third-order valence-corrected chi connectivity index (χ3v) is 10.1. The molecule has 2 aliphatic carbocycles. The number of nitrogens with one attached hydrogen (secondary N) is 2. The summed E-state index contributed by atoms with van der Waals surface area (Å²) < 4.78 is 25.1. The second-order valence-corrected chi connectivity index (χ2v) is 13.9. The van der Waals surface area contributed by atoms with Gasteiger partial charge < -0.3 is 29.6 Å². The van der Waals surface area contributed by atoms with Gasteiger partial charge in [0.15, 0.2) is 11.8 Å². The fraction of sp³-hybridized carbons (Fsp3) is 0.897. The molecule has 0 aliphatic heterocycles. The zero-order chi connectivity index (χ0) is 34.4. The van der Waals surface area contributed by atoms with Crippen molar-refractivity contribution in [3.63, 3.8) is 0 Å². The third-order valence-electron chi connectivity index (χ3n) is 10.1. The molecule has 0 heterocycles. The highest BCUT2D eigenvalue weighted by atomic mass is 16.6. The van der Waals surface area contributed by atoms with E-state index >= 15 is 0 Å². The summed E-state index contributed by atoms with van der Waals surface area (Å²) in [6, 6.07) is 0. The number of rotatable bonds is 24. The van der Waals surface area contributed by atoms with Gasteiger partial charge in [0.2, 0.25) is 0 Å². The predicted octanol–water partition coefficient (Wildman–Crippen LogP) is 9.04. The summed E-state index contributed by atoms with van der Waals surface area (Å²) in [4.78, 5) is 2.54. The second-order valence-electron chi connectivity index (χ2n) is 13.9. The van der Waals surface area contributed by atoms with Gasteiger partial charge in [-0.3, -0.25) is 4.90 Å². The molecule has 0 aromatic rings. The van der Waals surface area contributed by atoms with E-state index in [1.807, 2.05) is 13.8 Å². The van der Waals surface area contributed by atoms with Crippen LogP contribution >= 0.6 is 0 Å². The number of nitrogens with zero attached hydrogens (tertiary/aromatic N) is 1. The van der Waals surface area contributed by atoms with Gasteiger partial charge in [-0.15, -0.1) is 0 Å². The first-order chi connectivity index (χ1) is 22.2. The molecule has 0 aromatic heterocycles. The Bertz CT molecular complexity index is 775. The molecule has 0 saturated heterocycles. The average Bonchev–Trinajstić information content (AvgIpc) is 3.06. The van der Waals surface area contributed by atoms with Gasteiger partial charge in [-0.1, -0.05) is 54.9 Å². The molecule has 2 unspecified atom stereocenters. The molecule has 0 bridgehead atoms. The first-order valence-electron chi connectivity index (χ1n) is 19.3. The Morgan fingerprint density at radius 2 is 1.15 bits per heavy atom. The first kappa shape index (κ1) is 42.6. The van der Waals surface area contributed by atoms with Crippen molar-refractivity contribution in [2.45, 2.75) is 164 Å². The molecular weight excluding hydrogens is 574 g/mol. The lowest BCUT2D eigenvalue weighted by Gasteiger charge is -2.46. The van der Waals surface area contributed by atoms with Crippen LogP contribution in [0.25, 0.3) is 0 Å². The summed E-state index contributed by atoms with van der Waals surface area (Å²) in [7, 11) is 0. The standard InChI is InChI=1S/C37H71N3O4.C2H6/c1-10-15-25-40(24-11-2)26-36(44-30(7)39-14-5)28-42-35-22-18-32(19-23-35)37(8,9)31-16-20-34(21-17-31)41-27-33(12-3)43-29(6)38-13-4;1-2/h31-36,38-39H,6-7,10-28H2,1-5,8-9H3;1-2H3. The normalized spacial score (nSPS) is 23.1. The smallest absolute Gasteiger partial charge is 0.179 e. The molecule has 0 aromatic carbocycles. The van der Waals surface area contributed by atoms with Crippen molar-refractivity contribution < 1.29 is 18.9 Å². The summed E-state index contributed by atoms with van der Waals surface area (Å²) in [5, 5.41) is 6.39.